The molecule has 2 rings (SSSR count). The maximum atomic E-state index is 12.1. The minimum absolute atomic E-state index is 0.105. The van der Waals surface area contributed by atoms with Gasteiger partial charge in [-0.15, -0.1) is 11.3 Å². The van der Waals surface area contributed by atoms with Crippen molar-refractivity contribution in [3.63, 3.8) is 0 Å². The van der Waals surface area contributed by atoms with Gasteiger partial charge in [0, 0.05) is 19.0 Å². The second-order valence-electron chi connectivity index (χ2n) is 4.23. The SMILES string of the molecule is Cc1nc(C(=O)N(C)Cc2cccc(C#N)c2)cs1. The molecule has 0 saturated heterocycles. The van der Waals surface area contributed by atoms with Crippen molar-refractivity contribution < 1.29 is 4.79 Å². The maximum absolute atomic E-state index is 12.1. The number of carbonyl (C=O) groups is 1. The van der Waals surface area contributed by atoms with Crippen molar-refractivity contribution in [1.29, 1.82) is 5.26 Å². The Kier molecular flexibility index (Phi) is 3.93. The smallest absolute Gasteiger partial charge is 0.273 e. The van der Waals surface area contributed by atoms with E-state index in [4.69, 9.17) is 5.26 Å². The van der Waals surface area contributed by atoms with Crippen LogP contribution in [0.4, 0.5) is 0 Å². The van der Waals surface area contributed by atoms with Crippen LogP contribution in [-0.4, -0.2) is 22.8 Å². The maximum Gasteiger partial charge on any atom is 0.273 e. The first-order valence-corrected chi connectivity index (χ1v) is 6.65. The zero-order valence-corrected chi connectivity index (χ0v) is 11.6. The Balaban J connectivity index is 2.10. The van der Waals surface area contributed by atoms with E-state index >= 15 is 0 Å². The molecule has 0 unspecified atom stereocenters. The van der Waals surface area contributed by atoms with Crippen molar-refractivity contribution in [1.82, 2.24) is 9.88 Å². The van der Waals surface area contributed by atoms with Crippen molar-refractivity contribution in [3.05, 3.63) is 51.5 Å². The first-order valence-electron chi connectivity index (χ1n) is 5.77. The topological polar surface area (TPSA) is 57.0 Å². The highest BCUT2D eigenvalue weighted by atomic mass is 32.1. The Morgan fingerprint density at radius 3 is 2.95 bits per heavy atom. The first-order chi connectivity index (χ1) is 9.10. The molecule has 0 saturated carbocycles. The van der Waals surface area contributed by atoms with Gasteiger partial charge in [-0.25, -0.2) is 4.98 Å². The molecule has 0 N–H and O–H groups in total. The number of amides is 1. The van der Waals surface area contributed by atoms with Gasteiger partial charge >= 0.3 is 0 Å². The summed E-state index contributed by atoms with van der Waals surface area (Å²) < 4.78 is 0. The molecule has 0 spiro atoms. The monoisotopic (exact) mass is 271 g/mol. The van der Waals surface area contributed by atoms with E-state index in [1.54, 1.807) is 29.5 Å². The van der Waals surface area contributed by atoms with Crippen molar-refractivity contribution >= 4 is 17.2 Å². The molecule has 0 bridgehead atoms. The molecule has 96 valence electrons. The van der Waals surface area contributed by atoms with Crippen LogP contribution in [0.15, 0.2) is 29.6 Å². The molecular weight excluding hydrogens is 258 g/mol. The molecule has 1 aromatic heterocycles. The average molecular weight is 271 g/mol. The fourth-order valence-corrected chi connectivity index (χ4v) is 2.33. The third-order valence-corrected chi connectivity index (χ3v) is 3.43. The number of thiazole rings is 1. The molecule has 0 aliphatic heterocycles. The summed E-state index contributed by atoms with van der Waals surface area (Å²) in [4.78, 5) is 17.9. The number of nitrogens with zero attached hydrogens (tertiary/aromatic N) is 3. The highest BCUT2D eigenvalue weighted by molar-refractivity contribution is 7.09. The fourth-order valence-electron chi connectivity index (χ4n) is 1.74. The van der Waals surface area contributed by atoms with Crippen molar-refractivity contribution in [2.24, 2.45) is 0 Å². The van der Waals surface area contributed by atoms with Gasteiger partial charge in [-0.3, -0.25) is 4.79 Å². The minimum Gasteiger partial charge on any atom is -0.336 e. The summed E-state index contributed by atoms with van der Waals surface area (Å²) in [6, 6.07) is 9.34. The lowest BCUT2D eigenvalue weighted by Gasteiger charge is -2.16. The van der Waals surface area contributed by atoms with Gasteiger partial charge in [0.2, 0.25) is 0 Å². The van der Waals surface area contributed by atoms with Crippen molar-refractivity contribution in [2.75, 3.05) is 7.05 Å². The standard InChI is InChI=1S/C14H13N3OS/c1-10-16-13(9-19-10)14(18)17(2)8-12-5-3-4-11(6-12)7-15/h3-6,9H,8H2,1-2H3. The summed E-state index contributed by atoms with van der Waals surface area (Å²) in [7, 11) is 1.73. The highest BCUT2D eigenvalue weighted by Gasteiger charge is 2.14. The zero-order valence-electron chi connectivity index (χ0n) is 10.8. The lowest BCUT2D eigenvalue weighted by molar-refractivity contribution is 0.0780. The summed E-state index contributed by atoms with van der Waals surface area (Å²) in [6.45, 7) is 2.34. The third kappa shape index (κ3) is 3.18. The van der Waals surface area contributed by atoms with E-state index in [-0.39, 0.29) is 5.91 Å². The van der Waals surface area contributed by atoms with E-state index < -0.39 is 0 Å². The van der Waals surface area contributed by atoms with Crippen LogP contribution in [-0.2, 0) is 6.54 Å². The molecule has 2 aromatic rings. The van der Waals surface area contributed by atoms with Crippen LogP contribution in [0, 0.1) is 18.3 Å². The molecule has 19 heavy (non-hydrogen) atoms. The van der Waals surface area contributed by atoms with Gasteiger partial charge in [-0.05, 0) is 24.6 Å². The molecule has 5 heteroatoms. The van der Waals surface area contributed by atoms with E-state index in [0.717, 1.165) is 10.6 Å². The Morgan fingerprint density at radius 2 is 2.32 bits per heavy atom. The number of nitriles is 1. The van der Waals surface area contributed by atoms with Crippen LogP contribution in [0.5, 0.6) is 0 Å². The van der Waals surface area contributed by atoms with Gasteiger partial charge in [-0.2, -0.15) is 5.26 Å². The van der Waals surface area contributed by atoms with Gasteiger partial charge in [0.05, 0.1) is 16.6 Å². The second-order valence-corrected chi connectivity index (χ2v) is 5.29. The summed E-state index contributed by atoms with van der Waals surface area (Å²) in [5.41, 5.74) is 2.01. The molecule has 1 heterocycles. The summed E-state index contributed by atoms with van der Waals surface area (Å²) in [5.74, 6) is -0.105. The zero-order chi connectivity index (χ0) is 13.8. The quantitative estimate of drug-likeness (QED) is 0.862. The molecule has 0 atom stereocenters. The van der Waals surface area contributed by atoms with Crippen LogP contribution >= 0.6 is 11.3 Å². The summed E-state index contributed by atoms with van der Waals surface area (Å²) >= 11 is 1.46. The van der Waals surface area contributed by atoms with Gasteiger partial charge < -0.3 is 4.90 Å². The van der Waals surface area contributed by atoms with Crippen LogP contribution in [0.3, 0.4) is 0 Å². The molecule has 4 nitrogen and oxygen atoms in total. The normalized spacial score (nSPS) is 9.95. The number of aromatic nitrogens is 1. The summed E-state index contributed by atoms with van der Waals surface area (Å²) in [6.07, 6.45) is 0. The molecule has 0 radical (unpaired) electrons. The predicted octanol–water partition coefficient (Wildman–Crippen LogP) is 2.60. The van der Waals surface area contributed by atoms with E-state index in [1.165, 1.54) is 11.3 Å². The van der Waals surface area contributed by atoms with E-state index in [2.05, 4.69) is 11.1 Å². The van der Waals surface area contributed by atoms with Gasteiger partial charge in [0.25, 0.3) is 5.91 Å². The van der Waals surface area contributed by atoms with Crippen LogP contribution in [0.25, 0.3) is 0 Å². The van der Waals surface area contributed by atoms with Gasteiger partial charge in [0.15, 0.2) is 0 Å². The van der Waals surface area contributed by atoms with Crippen LogP contribution < -0.4 is 0 Å². The van der Waals surface area contributed by atoms with Crippen LogP contribution in [0.2, 0.25) is 0 Å². The Bertz CT molecular complexity index is 642. The number of carbonyl (C=O) groups excluding carboxylic acids is 1. The van der Waals surface area contributed by atoms with Gasteiger partial charge in [0.1, 0.15) is 5.69 Å². The van der Waals surface area contributed by atoms with E-state index in [0.29, 0.717) is 17.8 Å². The second kappa shape index (κ2) is 5.63. The average Bonchev–Trinajstić information content (AvgIpc) is 2.84. The fraction of sp³-hybridized carbons (Fsp3) is 0.214. The Hall–Kier alpha value is -2.19. The van der Waals surface area contributed by atoms with E-state index in [9.17, 15) is 4.79 Å². The Labute approximate surface area is 115 Å². The number of hydrogen-bond acceptors (Lipinski definition) is 4. The molecular formula is C14H13N3OS. The lowest BCUT2D eigenvalue weighted by atomic mass is 10.1. The molecule has 0 fully saturated rings. The first kappa shape index (κ1) is 13.2. The molecule has 1 aromatic carbocycles. The highest BCUT2D eigenvalue weighted by Crippen LogP contribution is 2.12. The van der Waals surface area contributed by atoms with Gasteiger partial charge in [-0.1, -0.05) is 12.1 Å². The number of hydrogen-bond donors (Lipinski definition) is 0. The largest absolute Gasteiger partial charge is 0.336 e. The Morgan fingerprint density at radius 1 is 1.53 bits per heavy atom. The number of aryl methyl sites for hydroxylation is 1. The number of benzene rings is 1. The molecule has 0 aliphatic carbocycles. The van der Waals surface area contributed by atoms with Crippen molar-refractivity contribution in [3.8, 4) is 6.07 Å². The predicted molar refractivity (Wildman–Crippen MR) is 73.8 cm³/mol. The summed E-state index contributed by atoms with van der Waals surface area (Å²) in [5, 5.41) is 11.5. The third-order valence-electron chi connectivity index (χ3n) is 2.66. The van der Waals surface area contributed by atoms with Crippen molar-refractivity contribution in [2.45, 2.75) is 13.5 Å². The molecule has 0 aliphatic rings. The number of rotatable bonds is 3. The molecule has 1 amide bonds. The van der Waals surface area contributed by atoms with Crippen LogP contribution in [0.1, 0.15) is 26.6 Å². The lowest BCUT2D eigenvalue weighted by Crippen LogP contribution is -2.26. The minimum atomic E-state index is -0.105. The van der Waals surface area contributed by atoms with E-state index in [1.807, 2.05) is 19.1 Å².